The van der Waals surface area contributed by atoms with Crippen LogP contribution in [0.2, 0.25) is 0 Å². The molecule has 50 valence electrons. The van der Waals surface area contributed by atoms with Crippen LogP contribution < -0.4 is 0 Å². The summed E-state index contributed by atoms with van der Waals surface area (Å²) in [5.74, 6) is 0. The minimum absolute atomic E-state index is 0.250. The van der Waals surface area contributed by atoms with Crippen LogP contribution in [0, 0.1) is 0 Å². The highest BCUT2D eigenvalue weighted by Gasteiger charge is 2.09. The van der Waals surface area contributed by atoms with Gasteiger partial charge in [-0.1, -0.05) is 0 Å². The van der Waals surface area contributed by atoms with Crippen molar-refractivity contribution in [3.8, 4) is 0 Å². The Kier molecular flexibility index (Phi) is 3.77. The predicted octanol–water partition coefficient (Wildman–Crippen LogP) is -0.0139. The average molecular weight is 120 g/mol. The number of hydrogen-bond donors (Lipinski definition) is 1. The van der Waals surface area contributed by atoms with Crippen molar-refractivity contribution < 1.29 is 14.6 Å². The highest BCUT2D eigenvalue weighted by Crippen LogP contribution is 1.95. The molecule has 0 aliphatic heterocycles. The van der Waals surface area contributed by atoms with Gasteiger partial charge in [-0.05, 0) is 6.92 Å². The zero-order valence-corrected chi connectivity index (χ0v) is 5.42. The fourth-order valence-electron chi connectivity index (χ4n) is 0.308. The molecule has 3 nitrogen and oxygen atoms in total. The third kappa shape index (κ3) is 2.26. The van der Waals surface area contributed by atoms with E-state index in [2.05, 4.69) is 4.74 Å². The molecule has 2 atom stereocenters. The van der Waals surface area contributed by atoms with Crippen LogP contribution in [0.3, 0.4) is 0 Å². The summed E-state index contributed by atoms with van der Waals surface area (Å²) in [7, 11) is 2.95. The molecule has 0 aliphatic rings. The molecule has 0 rings (SSSR count). The molecule has 0 aromatic rings. The third-order valence-electron chi connectivity index (χ3n) is 1.01. The standard InChI is InChI=1S/C5H12O3/c1-4(7-2)5(6)8-3/h4-6H,1-3H3. The van der Waals surface area contributed by atoms with E-state index in [4.69, 9.17) is 9.84 Å². The summed E-state index contributed by atoms with van der Waals surface area (Å²) in [6.45, 7) is 1.73. The number of hydrogen-bond acceptors (Lipinski definition) is 3. The van der Waals surface area contributed by atoms with E-state index in [1.165, 1.54) is 14.2 Å². The van der Waals surface area contributed by atoms with Crippen molar-refractivity contribution in [3.63, 3.8) is 0 Å². The first-order valence-electron chi connectivity index (χ1n) is 2.46. The molecule has 0 aromatic carbocycles. The lowest BCUT2D eigenvalue weighted by Gasteiger charge is -2.14. The maximum Gasteiger partial charge on any atom is 0.180 e. The van der Waals surface area contributed by atoms with Gasteiger partial charge in [0, 0.05) is 14.2 Å². The van der Waals surface area contributed by atoms with Gasteiger partial charge in [0.15, 0.2) is 6.29 Å². The molecule has 0 radical (unpaired) electrons. The van der Waals surface area contributed by atoms with Crippen molar-refractivity contribution >= 4 is 0 Å². The highest BCUT2D eigenvalue weighted by atomic mass is 16.6. The fourth-order valence-corrected chi connectivity index (χ4v) is 0.308. The van der Waals surface area contributed by atoms with Crippen LogP contribution in [0.5, 0.6) is 0 Å². The smallest absolute Gasteiger partial charge is 0.180 e. The molecule has 0 bridgehead atoms. The van der Waals surface area contributed by atoms with Gasteiger partial charge in [0.2, 0.25) is 0 Å². The molecule has 3 heteroatoms. The van der Waals surface area contributed by atoms with Gasteiger partial charge in [-0.15, -0.1) is 0 Å². The molecule has 0 aliphatic carbocycles. The van der Waals surface area contributed by atoms with Crippen molar-refractivity contribution in [2.75, 3.05) is 14.2 Å². The molecule has 1 N–H and O–H groups in total. The van der Waals surface area contributed by atoms with Crippen LogP contribution in [-0.4, -0.2) is 31.7 Å². The maximum absolute atomic E-state index is 8.78. The molecule has 0 aromatic heterocycles. The van der Waals surface area contributed by atoms with E-state index in [1.54, 1.807) is 6.92 Å². The highest BCUT2D eigenvalue weighted by molar-refractivity contribution is 4.48. The van der Waals surface area contributed by atoms with E-state index < -0.39 is 6.29 Å². The van der Waals surface area contributed by atoms with Crippen molar-refractivity contribution in [2.45, 2.75) is 19.3 Å². The summed E-state index contributed by atoms with van der Waals surface area (Å²) in [4.78, 5) is 0. The summed E-state index contributed by atoms with van der Waals surface area (Å²) >= 11 is 0. The lowest BCUT2D eigenvalue weighted by atomic mass is 10.4. The number of aliphatic hydroxyl groups excluding tert-OH is 1. The maximum atomic E-state index is 8.78. The zero-order chi connectivity index (χ0) is 6.57. The van der Waals surface area contributed by atoms with Crippen LogP contribution in [0.1, 0.15) is 6.92 Å². The van der Waals surface area contributed by atoms with Crippen molar-refractivity contribution in [2.24, 2.45) is 0 Å². The molecule has 2 unspecified atom stereocenters. The second-order valence-electron chi connectivity index (χ2n) is 1.57. The summed E-state index contributed by atoms with van der Waals surface area (Å²) in [5.41, 5.74) is 0. The van der Waals surface area contributed by atoms with Crippen molar-refractivity contribution in [3.05, 3.63) is 0 Å². The second kappa shape index (κ2) is 3.83. The first-order valence-corrected chi connectivity index (χ1v) is 2.46. The lowest BCUT2D eigenvalue weighted by Crippen LogP contribution is -2.26. The first-order chi connectivity index (χ1) is 3.72. The molecule has 0 amide bonds. The van der Waals surface area contributed by atoms with Gasteiger partial charge in [0.05, 0.1) is 0 Å². The number of aliphatic hydroxyl groups is 1. The normalized spacial score (nSPS) is 18.0. The topological polar surface area (TPSA) is 38.7 Å². The van der Waals surface area contributed by atoms with E-state index in [-0.39, 0.29) is 6.10 Å². The van der Waals surface area contributed by atoms with Crippen LogP contribution in [0.25, 0.3) is 0 Å². The summed E-state index contributed by atoms with van der Waals surface area (Å²) in [6, 6.07) is 0. The Labute approximate surface area is 49.2 Å². The molecule has 8 heavy (non-hydrogen) atoms. The Bertz CT molecular complexity index is 47.6. The van der Waals surface area contributed by atoms with Crippen molar-refractivity contribution in [1.82, 2.24) is 0 Å². The largest absolute Gasteiger partial charge is 0.376 e. The number of ether oxygens (including phenoxy) is 2. The van der Waals surface area contributed by atoms with Crippen molar-refractivity contribution in [1.29, 1.82) is 0 Å². The van der Waals surface area contributed by atoms with Gasteiger partial charge in [0.1, 0.15) is 6.10 Å². The Morgan fingerprint density at radius 3 is 1.88 bits per heavy atom. The van der Waals surface area contributed by atoms with Crippen LogP contribution in [0.4, 0.5) is 0 Å². The van der Waals surface area contributed by atoms with E-state index in [0.29, 0.717) is 0 Å². The van der Waals surface area contributed by atoms with Crippen LogP contribution in [-0.2, 0) is 9.47 Å². The second-order valence-corrected chi connectivity index (χ2v) is 1.57. The molecule has 0 spiro atoms. The Balaban J connectivity index is 3.29. The van der Waals surface area contributed by atoms with E-state index in [1.807, 2.05) is 0 Å². The molecule has 0 saturated heterocycles. The molecular weight excluding hydrogens is 108 g/mol. The Hall–Kier alpha value is -0.120. The minimum atomic E-state index is -0.806. The number of rotatable bonds is 3. The van der Waals surface area contributed by atoms with E-state index >= 15 is 0 Å². The van der Waals surface area contributed by atoms with Gasteiger partial charge in [-0.3, -0.25) is 0 Å². The Morgan fingerprint density at radius 2 is 1.75 bits per heavy atom. The molecular formula is C5H12O3. The van der Waals surface area contributed by atoms with Gasteiger partial charge in [0.25, 0.3) is 0 Å². The monoisotopic (exact) mass is 120 g/mol. The third-order valence-corrected chi connectivity index (χ3v) is 1.01. The lowest BCUT2D eigenvalue weighted by molar-refractivity contribution is -0.148. The van der Waals surface area contributed by atoms with Gasteiger partial charge in [-0.2, -0.15) is 0 Å². The number of methoxy groups -OCH3 is 2. The first kappa shape index (κ1) is 7.88. The fraction of sp³-hybridized carbons (Fsp3) is 1.00. The van der Waals surface area contributed by atoms with Crippen LogP contribution >= 0.6 is 0 Å². The minimum Gasteiger partial charge on any atom is -0.376 e. The predicted molar refractivity (Wildman–Crippen MR) is 29.5 cm³/mol. The molecule has 0 fully saturated rings. The zero-order valence-electron chi connectivity index (χ0n) is 5.42. The summed E-state index contributed by atoms with van der Waals surface area (Å²) in [5, 5.41) is 8.78. The SMILES string of the molecule is COC(C)C(O)OC. The Morgan fingerprint density at radius 1 is 1.25 bits per heavy atom. The summed E-state index contributed by atoms with van der Waals surface area (Å²) in [6.07, 6.45) is -1.06. The quantitative estimate of drug-likeness (QED) is 0.532. The van der Waals surface area contributed by atoms with E-state index in [0.717, 1.165) is 0 Å². The van der Waals surface area contributed by atoms with Gasteiger partial charge < -0.3 is 14.6 Å². The van der Waals surface area contributed by atoms with E-state index in [9.17, 15) is 0 Å². The van der Waals surface area contributed by atoms with Crippen LogP contribution in [0.15, 0.2) is 0 Å². The van der Waals surface area contributed by atoms with Gasteiger partial charge >= 0.3 is 0 Å². The molecule has 0 saturated carbocycles. The average Bonchev–Trinajstić information content (AvgIpc) is 1.84. The molecule has 0 heterocycles. The van der Waals surface area contributed by atoms with Gasteiger partial charge in [-0.25, -0.2) is 0 Å². The summed E-state index contributed by atoms with van der Waals surface area (Å²) < 4.78 is 9.26.